The lowest BCUT2D eigenvalue weighted by molar-refractivity contribution is -0.247. The van der Waals surface area contributed by atoms with Gasteiger partial charge in [-0.3, -0.25) is 9.35 Å². The molecule has 1 aliphatic rings. The van der Waals surface area contributed by atoms with Crippen molar-refractivity contribution < 1.29 is 57.3 Å². The molecule has 0 atom stereocenters. The van der Waals surface area contributed by atoms with Crippen LogP contribution in [0.4, 0.5) is 26.3 Å². The Hall–Kier alpha value is -1.13. The molecule has 1 fully saturated rings. The molecule has 0 aromatic carbocycles. The molecule has 1 heterocycles. The second kappa shape index (κ2) is 8.09. The van der Waals surface area contributed by atoms with Gasteiger partial charge >= 0.3 is 32.5 Å². The zero-order valence-electron chi connectivity index (χ0n) is 16.0. The summed E-state index contributed by atoms with van der Waals surface area (Å²) >= 11 is 0. The number of hydrogen-bond acceptors (Lipinski definition) is 6. The van der Waals surface area contributed by atoms with Crippen LogP contribution in [-0.4, -0.2) is 67.3 Å². The average molecular weight is 493 g/mol. The summed E-state index contributed by atoms with van der Waals surface area (Å²) in [4.78, 5) is 12.0. The fraction of sp³-hybridized carbons (Fsp3) is 0.929. The molecule has 0 amide bonds. The lowest BCUT2D eigenvalue weighted by atomic mass is 9.90. The highest BCUT2D eigenvalue weighted by Crippen LogP contribution is 2.51. The minimum Gasteiger partial charge on any atom is -0.462 e. The summed E-state index contributed by atoms with van der Waals surface area (Å²) in [6.07, 6.45) is -1.31. The summed E-state index contributed by atoms with van der Waals surface area (Å²) in [5, 5.41) is -13.4. The first-order valence-electron chi connectivity index (χ1n) is 8.48. The Kier molecular flexibility index (Phi) is 7.26. The average Bonchev–Trinajstić information content (AvgIpc) is 2.60. The van der Waals surface area contributed by atoms with Crippen molar-refractivity contribution in [3.05, 3.63) is 0 Å². The molecule has 1 aliphatic heterocycles. The van der Waals surface area contributed by atoms with E-state index in [1.807, 2.05) is 0 Å². The summed E-state index contributed by atoms with van der Waals surface area (Å²) in [5.41, 5.74) is -0.889. The van der Waals surface area contributed by atoms with E-state index in [-0.39, 0.29) is 17.1 Å². The highest BCUT2D eigenvalue weighted by Gasteiger charge is 2.82. The van der Waals surface area contributed by atoms with Gasteiger partial charge in [-0.05, 0) is 33.1 Å². The fourth-order valence-corrected chi connectivity index (χ4v) is 4.29. The number of nitrogens with zero attached hydrogens (tertiary/aromatic N) is 1. The van der Waals surface area contributed by atoms with Gasteiger partial charge in [-0.25, -0.2) is 8.42 Å². The van der Waals surface area contributed by atoms with Crippen molar-refractivity contribution in [2.45, 2.75) is 62.6 Å². The minimum absolute atomic E-state index is 0.226. The molecule has 16 heteroatoms. The van der Waals surface area contributed by atoms with E-state index in [1.54, 1.807) is 20.8 Å². The third-order valence-electron chi connectivity index (χ3n) is 4.83. The predicted molar refractivity (Wildman–Crippen MR) is 90.1 cm³/mol. The third-order valence-corrected chi connectivity index (χ3v) is 7.68. The van der Waals surface area contributed by atoms with Crippen LogP contribution in [0.1, 0.15) is 40.0 Å². The molecule has 0 saturated carbocycles. The standard InChI is InChI=1S/C14H21F6NO7S2/c1-4-11(2,3)10(22)28-9-5-7-21(8-6-9)29(23,24)13(17,18)12(15,16)14(19,20)30(25,26)27/h9H,4-8H2,1-3H3,(H,25,26,27). The monoisotopic (exact) mass is 493 g/mol. The smallest absolute Gasteiger partial charge is 0.439 e. The van der Waals surface area contributed by atoms with Crippen molar-refractivity contribution >= 4 is 26.1 Å². The van der Waals surface area contributed by atoms with Crippen molar-refractivity contribution in [3.8, 4) is 0 Å². The molecular formula is C14H21F6NO7S2. The van der Waals surface area contributed by atoms with Crippen LogP contribution < -0.4 is 0 Å². The van der Waals surface area contributed by atoms with Gasteiger partial charge in [0, 0.05) is 13.1 Å². The van der Waals surface area contributed by atoms with Crippen molar-refractivity contribution in [2.24, 2.45) is 5.41 Å². The van der Waals surface area contributed by atoms with E-state index in [0.29, 0.717) is 6.42 Å². The number of alkyl halides is 6. The zero-order chi connectivity index (χ0) is 24.0. The zero-order valence-corrected chi connectivity index (χ0v) is 17.7. The predicted octanol–water partition coefficient (Wildman–Crippen LogP) is 2.47. The first kappa shape index (κ1) is 26.9. The molecule has 0 aromatic rings. The Bertz CT molecular complexity index is 865. The summed E-state index contributed by atoms with van der Waals surface area (Å²) < 4.78 is 140. The quantitative estimate of drug-likeness (QED) is 0.314. The SMILES string of the molecule is CCC(C)(C)C(=O)OC1CCN(S(=O)(=O)C(F)(F)C(F)(F)C(F)(F)S(=O)(=O)O)CC1. The van der Waals surface area contributed by atoms with Gasteiger partial charge in [0.15, 0.2) is 0 Å². The number of ether oxygens (including phenoxy) is 1. The van der Waals surface area contributed by atoms with Gasteiger partial charge in [-0.15, -0.1) is 0 Å². The number of carbonyl (C=O) groups excluding carboxylic acids is 1. The molecule has 1 rings (SSSR count). The molecule has 0 aromatic heterocycles. The summed E-state index contributed by atoms with van der Waals surface area (Å²) in [7, 11) is -13.6. The van der Waals surface area contributed by atoms with Crippen LogP contribution in [0.3, 0.4) is 0 Å². The van der Waals surface area contributed by atoms with Crippen LogP contribution in [0.15, 0.2) is 0 Å². The minimum atomic E-state index is -7.08. The van der Waals surface area contributed by atoms with Gasteiger partial charge in [0.2, 0.25) is 0 Å². The van der Waals surface area contributed by atoms with Crippen molar-refractivity contribution in [1.29, 1.82) is 0 Å². The Labute approximate surface area is 169 Å². The first-order valence-corrected chi connectivity index (χ1v) is 11.4. The molecule has 8 nitrogen and oxygen atoms in total. The van der Waals surface area contributed by atoms with Crippen LogP contribution in [-0.2, 0) is 29.7 Å². The Morgan fingerprint density at radius 2 is 1.43 bits per heavy atom. The van der Waals surface area contributed by atoms with Crippen LogP contribution in [0, 0.1) is 5.41 Å². The van der Waals surface area contributed by atoms with Crippen molar-refractivity contribution in [1.82, 2.24) is 4.31 Å². The van der Waals surface area contributed by atoms with Crippen LogP contribution in [0.25, 0.3) is 0 Å². The van der Waals surface area contributed by atoms with Crippen molar-refractivity contribution in [3.63, 3.8) is 0 Å². The number of sulfonamides is 1. The van der Waals surface area contributed by atoms with E-state index in [9.17, 15) is 48.0 Å². The number of esters is 1. The molecule has 178 valence electrons. The van der Waals surface area contributed by atoms with Crippen LogP contribution >= 0.6 is 0 Å². The molecule has 0 radical (unpaired) electrons. The van der Waals surface area contributed by atoms with Gasteiger partial charge in [0.05, 0.1) is 5.41 Å². The first-order chi connectivity index (χ1) is 13.2. The van der Waals surface area contributed by atoms with E-state index >= 15 is 0 Å². The Morgan fingerprint density at radius 1 is 1.00 bits per heavy atom. The second-order valence-corrected chi connectivity index (χ2v) is 10.8. The van der Waals surface area contributed by atoms with Gasteiger partial charge in [-0.2, -0.15) is 39.1 Å². The van der Waals surface area contributed by atoms with E-state index in [2.05, 4.69) is 0 Å². The second-order valence-electron chi connectivity index (χ2n) is 7.33. The maximum Gasteiger partial charge on any atom is 0.439 e. The van der Waals surface area contributed by atoms with Crippen LogP contribution in [0.2, 0.25) is 0 Å². The number of carbonyl (C=O) groups is 1. The molecule has 0 aliphatic carbocycles. The summed E-state index contributed by atoms with van der Waals surface area (Å²) in [6.45, 7) is 3.06. The summed E-state index contributed by atoms with van der Waals surface area (Å²) in [5.74, 6) is -7.64. The van der Waals surface area contributed by atoms with Gasteiger partial charge in [0.25, 0.3) is 10.0 Å². The number of hydrogen-bond donors (Lipinski definition) is 1. The molecule has 30 heavy (non-hydrogen) atoms. The maximum absolute atomic E-state index is 14.0. The molecule has 1 N–H and O–H groups in total. The van der Waals surface area contributed by atoms with Crippen molar-refractivity contribution in [2.75, 3.05) is 13.1 Å². The highest BCUT2D eigenvalue weighted by atomic mass is 32.2. The lowest BCUT2D eigenvalue weighted by Crippen LogP contribution is -2.63. The van der Waals surface area contributed by atoms with Gasteiger partial charge in [0.1, 0.15) is 6.10 Å². The maximum atomic E-state index is 14.0. The van der Waals surface area contributed by atoms with E-state index in [0.717, 1.165) is 0 Å². The number of halogens is 6. The van der Waals surface area contributed by atoms with Crippen LogP contribution in [0.5, 0.6) is 0 Å². The van der Waals surface area contributed by atoms with E-state index in [4.69, 9.17) is 9.29 Å². The molecule has 0 unspecified atom stereocenters. The topological polar surface area (TPSA) is 118 Å². The Morgan fingerprint density at radius 3 is 1.80 bits per heavy atom. The number of piperidine rings is 1. The molecule has 0 bridgehead atoms. The lowest BCUT2D eigenvalue weighted by Gasteiger charge is -2.37. The fourth-order valence-electron chi connectivity index (χ4n) is 2.30. The third kappa shape index (κ3) is 4.41. The van der Waals surface area contributed by atoms with E-state index in [1.165, 1.54) is 0 Å². The van der Waals surface area contributed by atoms with E-state index < -0.39 is 67.2 Å². The Balaban J connectivity index is 3.05. The van der Waals surface area contributed by atoms with Gasteiger partial charge < -0.3 is 4.74 Å². The highest BCUT2D eigenvalue weighted by molar-refractivity contribution is 7.90. The normalized spacial score (nSPS) is 19.0. The molecular weight excluding hydrogens is 472 g/mol. The number of rotatable bonds is 8. The largest absolute Gasteiger partial charge is 0.462 e. The molecule has 1 saturated heterocycles. The van der Waals surface area contributed by atoms with Gasteiger partial charge in [-0.1, -0.05) is 6.92 Å². The molecule has 0 spiro atoms. The summed E-state index contributed by atoms with van der Waals surface area (Å²) in [6, 6.07) is 0.